The Hall–Kier alpha value is -0.160. The SMILES string of the molecule is CC(CO)C(C)NCCN1CCOCC1. The lowest BCUT2D eigenvalue weighted by Crippen LogP contribution is -2.43. The molecule has 2 N–H and O–H groups in total. The molecule has 0 bridgehead atoms. The highest BCUT2D eigenvalue weighted by Gasteiger charge is 2.12. The van der Waals surface area contributed by atoms with Crippen molar-refractivity contribution in [2.75, 3.05) is 46.0 Å². The topological polar surface area (TPSA) is 44.7 Å². The third-order valence-electron chi connectivity index (χ3n) is 3.14. The number of hydrogen-bond acceptors (Lipinski definition) is 4. The lowest BCUT2D eigenvalue weighted by atomic mass is 10.1. The average Bonchev–Trinajstić information content (AvgIpc) is 2.29. The Morgan fingerprint density at radius 3 is 2.60 bits per heavy atom. The van der Waals surface area contributed by atoms with E-state index in [0.29, 0.717) is 12.0 Å². The lowest BCUT2D eigenvalue weighted by Gasteiger charge is -2.28. The Bertz CT molecular complexity index is 159. The van der Waals surface area contributed by atoms with Crippen LogP contribution < -0.4 is 5.32 Å². The summed E-state index contributed by atoms with van der Waals surface area (Å²) in [6.45, 7) is 10.3. The van der Waals surface area contributed by atoms with Crippen molar-refractivity contribution in [1.82, 2.24) is 10.2 Å². The van der Waals surface area contributed by atoms with E-state index in [2.05, 4.69) is 24.1 Å². The zero-order valence-corrected chi connectivity index (χ0v) is 9.91. The highest BCUT2D eigenvalue weighted by molar-refractivity contribution is 4.69. The molecule has 0 aromatic heterocycles. The molecule has 1 rings (SSSR count). The monoisotopic (exact) mass is 216 g/mol. The molecule has 1 heterocycles. The Balaban J connectivity index is 2.04. The number of nitrogens with one attached hydrogen (secondary N) is 1. The molecule has 0 spiro atoms. The van der Waals surface area contributed by atoms with Gasteiger partial charge in [-0.3, -0.25) is 4.90 Å². The molecule has 2 atom stereocenters. The average molecular weight is 216 g/mol. The minimum Gasteiger partial charge on any atom is -0.396 e. The zero-order valence-electron chi connectivity index (χ0n) is 9.91. The molecule has 1 aliphatic rings. The number of nitrogens with zero attached hydrogens (tertiary/aromatic N) is 1. The summed E-state index contributed by atoms with van der Waals surface area (Å²) in [4.78, 5) is 2.41. The fourth-order valence-electron chi connectivity index (χ4n) is 1.63. The van der Waals surface area contributed by atoms with Crippen LogP contribution in [0, 0.1) is 5.92 Å². The summed E-state index contributed by atoms with van der Waals surface area (Å²) in [5, 5.41) is 12.4. The van der Waals surface area contributed by atoms with E-state index in [0.717, 1.165) is 39.4 Å². The number of hydrogen-bond donors (Lipinski definition) is 2. The van der Waals surface area contributed by atoms with Crippen molar-refractivity contribution in [3.05, 3.63) is 0 Å². The van der Waals surface area contributed by atoms with Gasteiger partial charge < -0.3 is 15.2 Å². The van der Waals surface area contributed by atoms with Crippen molar-refractivity contribution in [3.63, 3.8) is 0 Å². The highest BCUT2D eigenvalue weighted by Crippen LogP contribution is 2.00. The molecule has 1 fully saturated rings. The molecular formula is C11H24N2O2. The fourth-order valence-corrected chi connectivity index (χ4v) is 1.63. The van der Waals surface area contributed by atoms with Crippen molar-refractivity contribution in [2.45, 2.75) is 19.9 Å². The van der Waals surface area contributed by atoms with Crippen LogP contribution >= 0.6 is 0 Å². The smallest absolute Gasteiger partial charge is 0.0594 e. The van der Waals surface area contributed by atoms with E-state index in [-0.39, 0.29) is 6.61 Å². The maximum atomic E-state index is 8.99. The van der Waals surface area contributed by atoms with Crippen LogP contribution in [0.5, 0.6) is 0 Å². The second-order valence-corrected chi connectivity index (χ2v) is 4.36. The first-order chi connectivity index (χ1) is 7.24. The van der Waals surface area contributed by atoms with E-state index in [1.165, 1.54) is 0 Å². The van der Waals surface area contributed by atoms with Crippen molar-refractivity contribution in [3.8, 4) is 0 Å². The predicted molar refractivity (Wildman–Crippen MR) is 61.0 cm³/mol. The molecule has 4 heteroatoms. The molecule has 0 amide bonds. The number of aliphatic hydroxyl groups excluding tert-OH is 1. The van der Waals surface area contributed by atoms with E-state index in [1.54, 1.807) is 0 Å². The standard InChI is InChI=1S/C11H24N2O2/c1-10(9-14)11(2)12-3-4-13-5-7-15-8-6-13/h10-12,14H,3-9H2,1-2H3. The van der Waals surface area contributed by atoms with E-state index in [1.807, 2.05) is 0 Å². The summed E-state index contributed by atoms with van der Waals surface area (Å²) >= 11 is 0. The van der Waals surface area contributed by atoms with Crippen LogP contribution in [0.1, 0.15) is 13.8 Å². The maximum absolute atomic E-state index is 8.99. The minimum absolute atomic E-state index is 0.256. The molecule has 15 heavy (non-hydrogen) atoms. The molecule has 1 aliphatic heterocycles. The van der Waals surface area contributed by atoms with E-state index >= 15 is 0 Å². The number of rotatable bonds is 6. The summed E-state index contributed by atoms with van der Waals surface area (Å²) in [6, 6.07) is 0.385. The van der Waals surface area contributed by atoms with E-state index in [4.69, 9.17) is 9.84 Å². The van der Waals surface area contributed by atoms with Crippen LogP contribution in [-0.4, -0.2) is 62.0 Å². The Morgan fingerprint density at radius 2 is 2.00 bits per heavy atom. The normalized spacial score (nSPS) is 22.6. The molecular weight excluding hydrogens is 192 g/mol. The van der Waals surface area contributed by atoms with Gasteiger partial charge in [0.1, 0.15) is 0 Å². The highest BCUT2D eigenvalue weighted by atomic mass is 16.5. The quantitative estimate of drug-likeness (QED) is 0.652. The number of morpholine rings is 1. The third-order valence-corrected chi connectivity index (χ3v) is 3.14. The van der Waals surface area contributed by atoms with Crippen LogP contribution in [0.4, 0.5) is 0 Å². The van der Waals surface area contributed by atoms with Gasteiger partial charge in [0.25, 0.3) is 0 Å². The largest absolute Gasteiger partial charge is 0.396 e. The molecule has 90 valence electrons. The second kappa shape index (κ2) is 7.17. The maximum Gasteiger partial charge on any atom is 0.0594 e. The van der Waals surface area contributed by atoms with Crippen molar-refractivity contribution in [1.29, 1.82) is 0 Å². The predicted octanol–water partition coefficient (Wildman–Crippen LogP) is -0.0749. The molecule has 1 saturated heterocycles. The van der Waals surface area contributed by atoms with Crippen LogP contribution in [-0.2, 0) is 4.74 Å². The first kappa shape index (κ1) is 12.9. The van der Waals surface area contributed by atoms with E-state index in [9.17, 15) is 0 Å². The Labute approximate surface area is 92.6 Å². The number of aliphatic hydroxyl groups is 1. The van der Waals surface area contributed by atoms with Gasteiger partial charge in [0.2, 0.25) is 0 Å². The lowest BCUT2D eigenvalue weighted by molar-refractivity contribution is 0.0378. The molecule has 0 saturated carbocycles. The fraction of sp³-hybridized carbons (Fsp3) is 1.00. The van der Waals surface area contributed by atoms with Crippen LogP contribution in [0.3, 0.4) is 0 Å². The van der Waals surface area contributed by atoms with Crippen molar-refractivity contribution < 1.29 is 9.84 Å². The van der Waals surface area contributed by atoms with Crippen LogP contribution in [0.25, 0.3) is 0 Å². The number of ether oxygens (including phenoxy) is 1. The third kappa shape index (κ3) is 4.93. The Kier molecular flexibility index (Phi) is 6.17. The van der Waals surface area contributed by atoms with Gasteiger partial charge in [-0.1, -0.05) is 6.92 Å². The van der Waals surface area contributed by atoms with Gasteiger partial charge in [0.05, 0.1) is 13.2 Å². The Morgan fingerprint density at radius 1 is 1.33 bits per heavy atom. The summed E-state index contributed by atoms with van der Waals surface area (Å²) in [7, 11) is 0. The van der Waals surface area contributed by atoms with Gasteiger partial charge in [-0.25, -0.2) is 0 Å². The van der Waals surface area contributed by atoms with Crippen molar-refractivity contribution in [2.24, 2.45) is 5.92 Å². The van der Waals surface area contributed by atoms with Gasteiger partial charge in [-0.2, -0.15) is 0 Å². The van der Waals surface area contributed by atoms with Crippen molar-refractivity contribution >= 4 is 0 Å². The van der Waals surface area contributed by atoms with Gasteiger partial charge >= 0.3 is 0 Å². The van der Waals surface area contributed by atoms with Gasteiger partial charge in [-0.05, 0) is 12.8 Å². The second-order valence-electron chi connectivity index (χ2n) is 4.36. The first-order valence-corrected chi connectivity index (χ1v) is 5.88. The van der Waals surface area contributed by atoms with Gasteiger partial charge in [-0.15, -0.1) is 0 Å². The summed E-state index contributed by atoms with van der Waals surface area (Å²) in [6.07, 6.45) is 0. The van der Waals surface area contributed by atoms with Gasteiger partial charge in [0.15, 0.2) is 0 Å². The summed E-state index contributed by atoms with van der Waals surface area (Å²) in [5.74, 6) is 0.328. The molecule has 2 unspecified atom stereocenters. The zero-order chi connectivity index (χ0) is 11.1. The molecule has 0 aromatic carbocycles. The van der Waals surface area contributed by atoms with Crippen LogP contribution in [0.2, 0.25) is 0 Å². The summed E-state index contributed by atoms with van der Waals surface area (Å²) in [5.41, 5.74) is 0. The van der Waals surface area contributed by atoms with Crippen LogP contribution in [0.15, 0.2) is 0 Å². The minimum atomic E-state index is 0.256. The molecule has 0 aliphatic carbocycles. The van der Waals surface area contributed by atoms with E-state index < -0.39 is 0 Å². The molecule has 4 nitrogen and oxygen atoms in total. The molecule has 0 radical (unpaired) electrons. The van der Waals surface area contributed by atoms with Gasteiger partial charge in [0, 0.05) is 38.8 Å². The first-order valence-electron chi connectivity index (χ1n) is 5.88. The molecule has 0 aromatic rings. The summed E-state index contributed by atoms with van der Waals surface area (Å²) < 4.78 is 5.29.